The minimum Gasteiger partial charge on any atom is -0.495 e. The standard InChI is InChI=1S/C12H14N2O5S/c1-5-12(2,3)13-20(17,18)11-8-9(14(15)16)6-7-10(11)19-4/h1,6-8,13H,2-4H3. The number of non-ortho nitro benzene ring substituents is 1. The van der Waals surface area contributed by atoms with Crippen molar-refractivity contribution in [2.75, 3.05) is 7.11 Å². The number of terminal acetylenes is 1. The van der Waals surface area contributed by atoms with E-state index < -0.39 is 20.5 Å². The van der Waals surface area contributed by atoms with Gasteiger partial charge in [0.1, 0.15) is 10.6 Å². The molecule has 1 rings (SSSR count). The molecule has 0 aliphatic rings. The smallest absolute Gasteiger partial charge is 0.271 e. The van der Waals surface area contributed by atoms with E-state index in [9.17, 15) is 18.5 Å². The van der Waals surface area contributed by atoms with Gasteiger partial charge in [0.2, 0.25) is 10.0 Å². The minimum absolute atomic E-state index is 0.00378. The van der Waals surface area contributed by atoms with Crippen molar-refractivity contribution in [2.45, 2.75) is 24.3 Å². The topological polar surface area (TPSA) is 98.5 Å². The molecule has 0 bridgehead atoms. The van der Waals surface area contributed by atoms with E-state index in [2.05, 4.69) is 10.6 Å². The summed E-state index contributed by atoms with van der Waals surface area (Å²) in [7, 11) is -2.78. The van der Waals surface area contributed by atoms with Crippen LogP contribution in [0.4, 0.5) is 5.69 Å². The summed E-state index contributed by atoms with van der Waals surface area (Å²) in [6.07, 6.45) is 5.22. The van der Waals surface area contributed by atoms with Gasteiger partial charge in [-0.15, -0.1) is 6.42 Å². The molecule has 0 spiro atoms. The van der Waals surface area contributed by atoms with E-state index in [4.69, 9.17) is 11.2 Å². The summed E-state index contributed by atoms with van der Waals surface area (Å²) >= 11 is 0. The Hall–Kier alpha value is -2.11. The van der Waals surface area contributed by atoms with E-state index in [1.54, 1.807) is 0 Å². The number of sulfonamides is 1. The maximum Gasteiger partial charge on any atom is 0.271 e. The summed E-state index contributed by atoms with van der Waals surface area (Å²) < 4.78 is 31.7. The Morgan fingerprint density at radius 1 is 1.45 bits per heavy atom. The predicted molar refractivity (Wildman–Crippen MR) is 72.9 cm³/mol. The van der Waals surface area contributed by atoms with E-state index in [0.717, 1.165) is 12.1 Å². The average Bonchev–Trinajstić information content (AvgIpc) is 2.36. The molecule has 0 saturated heterocycles. The minimum atomic E-state index is -4.05. The molecule has 0 saturated carbocycles. The van der Waals surface area contributed by atoms with Crippen molar-refractivity contribution < 1.29 is 18.1 Å². The molecule has 0 amide bonds. The van der Waals surface area contributed by atoms with Gasteiger partial charge in [-0.25, -0.2) is 8.42 Å². The lowest BCUT2D eigenvalue weighted by atomic mass is 10.1. The van der Waals surface area contributed by atoms with Crippen molar-refractivity contribution in [1.29, 1.82) is 0 Å². The Bertz CT molecular complexity index is 674. The third-order valence-electron chi connectivity index (χ3n) is 2.40. The number of nitro groups is 1. The van der Waals surface area contributed by atoms with Gasteiger partial charge in [0.05, 0.1) is 17.6 Å². The highest BCUT2D eigenvalue weighted by Crippen LogP contribution is 2.28. The first-order valence-electron chi connectivity index (χ1n) is 5.47. The van der Waals surface area contributed by atoms with Gasteiger partial charge in [-0.3, -0.25) is 10.1 Å². The van der Waals surface area contributed by atoms with Crippen LogP contribution in [0.15, 0.2) is 23.1 Å². The van der Waals surface area contributed by atoms with Crippen LogP contribution < -0.4 is 9.46 Å². The lowest BCUT2D eigenvalue weighted by Crippen LogP contribution is -2.42. The summed E-state index contributed by atoms with van der Waals surface area (Å²) in [4.78, 5) is 9.71. The van der Waals surface area contributed by atoms with Crippen LogP contribution in [0, 0.1) is 22.5 Å². The lowest BCUT2D eigenvalue weighted by Gasteiger charge is -2.20. The molecule has 0 unspecified atom stereocenters. The van der Waals surface area contributed by atoms with Crippen molar-refractivity contribution in [2.24, 2.45) is 0 Å². The van der Waals surface area contributed by atoms with Gasteiger partial charge in [-0.2, -0.15) is 4.72 Å². The van der Waals surface area contributed by atoms with Gasteiger partial charge in [0, 0.05) is 12.1 Å². The van der Waals surface area contributed by atoms with Crippen LogP contribution in [0.2, 0.25) is 0 Å². The average molecular weight is 298 g/mol. The predicted octanol–water partition coefficient (Wildman–Crippen LogP) is 1.29. The molecule has 108 valence electrons. The second-order valence-electron chi connectivity index (χ2n) is 4.47. The monoisotopic (exact) mass is 298 g/mol. The fraction of sp³-hybridized carbons (Fsp3) is 0.333. The number of nitrogens with zero attached hydrogens (tertiary/aromatic N) is 1. The maximum atomic E-state index is 12.3. The third-order valence-corrected chi connectivity index (χ3v) is 4.08. The highest BCUT2D eigenvalue weighted by molar-refractivity contribution is 7.89. The highest BCUT2D eigenvalue weighted by Gasteiger charge is 2.28. The van der Waals surface area contributed by atoms with Crippen LogP contribution in [0.25, 0.3) is 0 Å². The quantitative estimate of drug-likeness (QED) is 0.502. The molecular formula is C12H14N2O5S. The molecule has 8 heteroatoms. The second-order valence-corrected chi connectivity index (χ2v) is 6.12. The Morgan fingerprint density at radius 3 is 2.50 bits per heavy atom. The van der Waals surface area contributed by atoms with Crippen LogP contribution in [-0.2, 0) is 10.0 Å². The Kier molecular flexibility index (Phi) is 4.37. The molecule has 7 nitrogen and oxygen atoms in total. The molecule has 0 radical (unpaired) electrons. The van der Waals surface area contributed by atoms with E-state index in [0.29, 0.717) is 0 Å². The first-order valence-corrected chi connectivity index (χ1v) is 6.95. The Morgan fingerprint density at radius 2 is 2.05 bits per heavy atom. The van der Waals surface area contributed by atoms with Gasteiger partial charge in [-0.1, -0.05) is 5.92 Å². The molecule has 0 fully saturated rings. The van der Waals surface area contributed by atoms with Gasteiger partial charge in [0.25, 0.3) is 5.69 Å². The van der Waals surface area contributed by atoms with E-state index in [1.165, 1.54) is 27.0 Å². The summed E-state index contributed by atoms with van der Waals surface area (Å²) in [5.41, 5.74) is -1.49. The molecule has 0 heterocycles. The number of benzene rings is 1. The van der Waals surface area contributed by atoms with Crippen molar-refractivity contribution in [3.05, 3.63) is 28.3 Å². The zero-order chi connectivity index (χ0) is 15.6. The number of nitro benzene ring substituents is 1. The van der Waals surface area contributed by atoms with Crippen molar-refractivity contribution in [3.8, 4) is 18.1 Å². The number of rotatable bonds is 5. The van der Waals surface area contributed by atoms with Crippen molar-refractivity contribution >= 4 is 15.7 Å². The zero-order valence-corrected chi connectivity index (χ0v) is 12.0. The maximum absolute atomic E-state index is 12.3. The largest absolute Gasteiger partial charge is 0.495 e. The summed E-state index contributed by atoms with van der Waals surface area (Å²) in [6, 6.07) is 3.30. The Balaban J connectivity index is 3.40. The highest BCUT2D eigenvalue weighted by atomic mass is 32.2. The zero-order valence-electron chi connectivity index (χ0n) is 11.2. The molecule has 1 aromatic rings. The van der Waals surface area contributed by atoms with Crippen LogP contribution >= 0.6 is 0 Å². The first-order chi connectivity index (χ1) is 9.13. The molecular weight excluding hydrogens is 284 g/mol. The number of nitrogens with one attached hydrogen (secondary N) is 1. The van der Waals surface area contributed by atoms with Crippen LogP contribution in [0.3, 0.4) is 0 Å². The Labute approximate surface area is 117 Å². The number of hydrogen-bond donors (Lipinski definition) is 1. The molecule has 20 heavy (non-hydrogen) atoms. The van der Waals surface area contributed by atoms with Gasteiger partial charge in [0.15, 0.2) is 0 Å². The number of hydrogen-bond acceptors (Lipinski definition) is 5. The summed E-state index contributed by atoms with van der Waals surface area (Å²) in [5.74, 6) is 2.27. The van der Waals surface area contributed by atoms with Crippen LogP contribution in [0.1, 0.15) is 13.8 Å². The van der Waals surface area contributed by atoms with E-state index in [-0.39, 0.29) is 16.3 Å². The van der Waals surface area contributed by atoms with Gasteiger partial charge in [-0.05, 0) is 19.9 Å². The number of methoxy groups -OCH3 is 1. The molecule has 1 aromatic carbocycles. The summed E-state index contributed by atoms with van der Waals surface area (Å²) in [6.45, 7) is 2.99. The van der Waals surface area contributed by atoms with Crippen LogP contribution in [-0.4, -0.2) is 26.0 Å². The molecule has 0 aliphatic carbocycles. The van der Waals surface area contributed by atoms with E-state index in [1.807, 2.05) is 0 Å². The van der Waals surface area contributed by atoms with E-state index >= 15 is 0 Å². The van der Waals surface area contributed by atoms with Gasteiger partial charge < -0.3 is 4.74 Å². The SMILES string of the molecule is C#CC(C)(C)NS(=O)(=O)c1cc([N+](=O)[O-])ccc1OC. The van der Waals surface area contributed by atoms with Crippen LogP contribution in [0.5, 0.6) is 5.75 Å². The van der Waals surface area contributed by atoms with Gasteiger partial charge >= 0.3 is 0 Å². The fourth-order valence-corrected chi connectivity index (χ4v) is 2.94. The fourth-order valence-electron chi connectivity index (χ4n) is 1.41. The summed E-state index contributed by atoms with van der Waals surface area (Å²) in [5, 5.41) is 10.7. The van der Waals surface area contributed by atoms with Crippen molar-refractivity contribution in [3.63, 3.8) is 0 Å². The second kappa shape index (κ2) is 5.48. The molecule has 0 atom stereocenters. The first kappa shape index (κ1) is 15.9. The van der Waals surface area contributed by atoms with Crippen molar-refractivity contribution in [1.82, 2.24) is 4.72 Å². The normalized spacial score (nSPS) is 11.7. The molecule has 1 N–H and O–H groups in total. The molecule has 0 aliphatic heterocycles. The number of ether oxygens (including phenoxy) is 1. The lowest BCUT2D eigenvalue weighted by molar-refractivity contribution is -0.385. The third kappa shape index (κ3) is 3.46. The molecule has 0 aromatic heterocycles.